The van der Waals surface area contributed by atoms with Gasteiger partial charge in [-0.2, -0.15) is 0 Å². The fourth-order valence-electron chi connectivity index (χ4n) is 4.51. The van der Waals surface area contributed by atoms with Gasteiger partial charge in [-0.3, -0.25) is 0 Å². The molecule has 0 radical (unpaired) electrons. The predicted octanol–water partition coefficient (Wildman–Crippen LogP) is 9.82. The van der Waals surface area contributed by atoms with Gasteiger partial charge in [-0.15, -0.1) is 0 Å². The number of hydrogen-bond donors (Lipinski definition) is 0. The molecule has 0 N–H and O–H groups in total. The van der Waals surface area contributed by atoms with Gasteiger partial charge in [0.15, 0.2) is 0 Å². The molecule has 2 heterocycles. The third kappa shape index (κ3) is 4.18. The summed E-state index contributed by atoms with van der Waals surface area (Å²) in [6.45, 7) is 4.19. The third-order valence-corrected chi connectivity index (χ3v) is 6.50. The molecule has 0 bridgehead atoms. The molecule has 0 aliphatic heterocycles. The maximum absolute atomic E-state index is 6.56. The normalized spacial score (nSPS) is 11.1. The molecule has 6 rings (SSSR count). The van der Waals surface area contributed by atoms with Crippen LogP contribution in [0.5, 0.6) is 0 Å². The molecule has 0 spiro atoms. The molecule has 4 aromatic carbocycles. The summed E-state index contributed by atoms with van der Waals surface area (Å²) in [5.41, 5.74) is 8.62. The quantitative estimate of drug-likeness (QED) is 0.253. The number of aryl methyl sites for hydroxylation is 2. The van der Waals surface area contributed by atoms with Gasteiger partial charge in [-0.25, -0.2) is 0 Å². The van der Waals surface area contributed by atoms with Crippen molar-refractivity contribution in [1.82, 2.24) is 0 Å². The number of hydrogen-bond acceptors (Lipinski definition) is 2. The summed E-state index contributed by atoms with van der Waals surface area (Å²) >= 11 is 0. The molecule has 0 aliphatic rings. The second-order valence-corrected chi connectivity index (χ2v) is 9.17. The molecule has 0 aliphatic carbocycles. The van der Waals surface area contributed by atoms with Crippen molar-refractivity contribution in [2.24, 2.45) is 0 Å². The minimum absolute atomic E-state index is 0.833. The fraction of sp³-hybridized carbons (Fsp3) is 0.0588. The molecule has 2 heteroatoms. The molecule has 0 unspecified atom stereocenters. The van der Waals surface area contributed by atoms with Gasteiger partial charge in [0.1, 0.15) is 23.0 Å². The topological polar surface area (TPSA) is 26.3 Å². The Hall–Kier alpha value is -4.56. The molecule has 174 valence electrons. The Morgan fingerprint density at radius 2 is 0.750 bits per heavy atom. The van der Waals surface area contributed by atoms with E-state index in [1.54, 1.807) is 0 Å². The highest BCUT2D eigenvalue weighted by Gasteiger charge is 2.23. The van der Waals surface area contributed by atoms with Crippen molar-refractivity contribution in [2.45, 2.75) is 13.8 Å². The van der Waals surface area contributed by atoms with Gasteiger partial charge < -0.3 is 8.83 Å². The molecule has 0 atom stereocenters. The van der Waals surface area contributed by atoms with Gasteiger partial charge in [-0.05, 0) is 26.0 Å². The summed E-state index contributed by atoms with van der Waals surface area (Å²) in [6.07, 6.45) is 0. The standard InChI is InChI=1S/C34H26O2/c1-23-13-17-25(18-14-23)31-21-29(33(35-31)27-9-5-3-6-10-27)30-22-32(26-19-15-24(2)16-20-26)36-34(30)28-11-7-4-8-12-28/h3-22H,1-2H3. The van der Waals surface area contributed by atoms with Crippen LogP contribution in [0, 0.1) is 13.8 Å². The summed E-state index contributed by atoms with van der Waals surface area (Å²) in [5, 5.41) is 0. The molecule has 0 saturated carbocycles. The van der Waals surface area contributed by atoms with Crippen LogP contribution in [0.3, 0.4) is 0 Å². The monoisotopic (exact) mass is 466 g/mol. The van der Waals surface area contributed by atoms with E-state index >= 15 is 0 Å². The lowest BCUT2D eigenvalue weighted by molar-refractivity contribution is 0.595. The Kier molecular flexibility index (Phi) is 5.63. The Labute approximate surface area is 211 Å². The Balaban J connectivity index is 1.59. The maximum Gasteiger partial charge on any atom is 0.142 e. The lowest BCUT2D eigenvalue weighted by atomic mass is 9.98. The van der Waals surface area contributed by atoms with Gasteiger partial charge in [0, 0.05) is 33.4 Å². The summed E-state index contributed by atoms with van der Waals surface area (Å²) in [6, 6.07) is 41.7. The zero-order valence-corrected chi connectivity index (χ0v) is 20.4. The third-order valence-electron chi connectivity index (χ3n) is 6.50. The first-order valence-corrected chi connectivity index (χ1v) is 12.2. The van der Waals surface area contributed by atoms with E-state index in [0.29, 0.717) is 0 Å². The van der Waals surface area contributed by atoms with Crippen molar-refractivity contribution in [2.75, 3.05) is 0 Å². The Morgan fingerprint density at radius 1 is 0.389 bits per heavy atom. The molecule has 0 saturated heterocycles. The first-order valence-electron chi connectivity index (χ1n) is 12.2. The van der Waals surface area contributed by atoms with Gasteiger partial charge in [-0.1, -0.05) is 120 Å². The van der Waals surface area contributed by atoms with E-state index in [4.69, 9.17) is 8.83 Å². The average molecular weight is 467 g/mol. The first kappa shape index (κ1) is 21.9. The minimum Gasteiger partial charge on any atom is -0.455 e. The highest BCUT2D eigenvalue weighted by molar-refractivity contribution is 5.91. The summed E-state index contributed by atoms with van der Waals surface area (Å²) < 4.78 is 13.1. The first-order chi connectivity index (χ1) is 17.7. The number of benzene rings is 4. The van der Waals surface area contributed by atoms with E-state index < -0.39 is 0 Å². The molecule has 6 aromatic rings. The largest absolute Gasteiger partial charge is 0.455 e. The van der Waals surface area contributed by atoms with Crippen molar-refractivity contribution >= 4 is 0 Å². The van der Waals surface area contributed by atoms with Crippen LogP contribution in [-0.4, -0.2) is 0 Å². The molecule has 36 heavy (non-hydrogen) atoms. The fourth-order valence-corrected chi connectivity index (χ4v) is 4.51. The molecule has 2 aromatic heterocycles. The van der Waals surface area contributed by atoms with Gasteiger partial charge >= 0.3 is 0 Å². The zero-order chi connectivity index (χ0) is 24.5. The minimum atomic E-state index is 0.833. The van der Waals surface area contributed by atoms with Crippen molar-refractivity contribution in [3.63, 3.8) is 0 Å². The van der Waals surface area contributed by atoms with Crippen LogP contribution in [0.25, 0.3) is 56.4 Å². The smallest absolute Gasteiger partial charge is 0.142 e. The van der Waals surface area contributed by atoms with Gasteiger partial charge in [0.05, 0.1) is 0 Å². The van der Waals surface area contributed by atoms with Crippen molar-refractivity contribution in [3.8, 4) is 56.4 Å². The van der Waals surface area contributed by atoms with Gasteiger partial charge in [0.25, 0.3) is 0 Å². The molecular weight excluding hydrogens is 440 g/mol. The lowest BCUT2D eigenvalue weighted by Gasteiger charge is -2.04. The van der Waals surface area contributed by atoms with Crippen LogP contribution in [0.1, 0.15) is 11.1 Å². The van der Waals surface area contributed by atoms with E-state index in [9.17, 15) is 0 Å². The van der Waals surface area contributed by atoms with Crippen molar-refractivity contribution < 1.29 is 8.83 Å². The SMILES string of the molecule is Cc1ccc(-c2cc(-c3cc(-c4ccc(C)cc4)oc3-c3ccccc3)c(-c3ccccc3)o2)cc1. The summed E-state index contributed by atoms with van der Waals surface area (Å²) in [4.78, 5) is 0. The van der Waals surface area contributed by atoms with E-state index in [-0.39, 0.29) is 0 Å². The molecule has 0 amide bonds. The maximum atomic E-state index is 6.56. The highest BCUT2D eigenvalue weighted by atomic mass is 16.3. The van der Waals surface area contributed by atoms with Crippen LogP contribution in [0.2, 0.25) is 0 Å². The Bertz CT molecular complexity index is 1480. The number of rotatable bonds is 5. The predicted molar refractivity (Wildman–Crippen MR) is 148 cm³/mol. The molecular formula is C34H26O2. The zero-order valence-electron chi connectivity index (χ0n) is 20.4. The van der Waals surface area contributed by atoms with Gasteiger partial charge in [0.2, 0.25) is 0 Å². The summed E-state index contributed by atoms with van der Waals surface area (Å²) in [7, 11) is 0. The Morgan fingerprint density at radius 3 is 1.11 bits per heavy atom. The van der Waals surface area contributed by atoms with Crippen molar-refractivity contribution in [3.05, 3.63) is 132 Å². The average Bonchev–Trinajstić information content (AvgIpc) is 3.56. The number of furan rings is 2. The lowest BCUT2D eigenvalue weighted by Crippen LogP contribution is -1.81. The van der Waals surface area contributed by atoms with Crippen LogP contribution < -0.4 is 0 Å². The summed E-state index contributed by atoms with van der Waals surface area (Å²) in [5.74, 6) is 3.33. The van der Waals surface area contributed by atoms with Crippen LogP contribution >= 0.6 is 0 Å². The van der Waals surface area contributed by atoms with E-state index in [0.717, 1.165) is 56.4 Å². The van der Waals surface area contributed by atoms with E-state index in [1.165, 1.54) is 11.1 Å². The highest BCUT2D eigenvalue weighted by Crippen LogP contribution is 2.45. The molecule has 2 nitrogen and oxygen atoms in total. The molecule has 0 fully saturated rings. The van der Waals surface area contributed by atoms with Crippen LogP contribution in [0.15, 0.2) is 130 Å². The van der Waals surface area contributed by atoms with Crippen LogP contribution in [-0.2, 0) is 0 Å². The second kappa shape index (κ2) is 9.24. The van der Waals surface area contributed by atoms with Crippen LogP contribution in [0.4, 0.5) is 0 Å². The van der Waals surface area contributed by atoms with Crippen molar-refractivity contribution in [1.29, 1.82) is 0 Å². The van der Waals surface area contributed by atoms with E-state index in [1.807, 2.05) is 36.4 Å². The van der Waals surface area contributed by atoms with E-state index in [2.05, 4.69) is 98.8 Å². The second-order valence-electron chi connectivity index (χ2n) is 9.17.